The lowest BCUT2D eigenvalue weighted by Crippen LogP contribution is -2.53. The van der Waals surface area contributed by atoms with E-state index in [9.17, 15) is 9.18 Å². The van der Waals surface area contributed by atoms with Crippen LogP contribution in [0.5, 0.6) is 0 Å². The molecule has 4 heteroatoms. The third-order valence-electron chi connectivity index (χ3n) is 5.05. The Labute approximate surface area is 125 Å². The molecule has 0 bridgehead atoms. The number of halogens is 1. The molecule has 21 heavy (non-hydrogen) atoms. The summed E-state index contributed by atoms with van der Waals surface area (Å²) >= 11 is 0. The van der Waals surface area contributed by atoms with Gasteiger partial charge in [0.15, 0.2) is 0 Å². The van der Waals surface area contributed by atoms with Crippen LogP contribution in [0.4, 0.5) is 4.39 Å². The minimum absolute atomic E-state index is 0.237. The van der Waals surface area contributed by atoms with Crippen molar-refractivity contribution >= 4 is 5.91 Å². The minimum Gasteiger partial charge on any atom is -0.339 e. The molecule has 2 fully saturated rings. The number of hydrogen-bond donors (Lipinski definition) is 0. The molecular weight excluding hydrogens is 267 g/mol. The molecule has 114 valence electrons. The predicted molar refractivity (Wildman–Crippen MR) is 80.6 cm³/mol. The topological polar surface area (TPSA) is 23.6 Å². The summed E-state index contributed by atoms with van der Waals surface area (Å²) in [6.07, 6.45) is 3.95. The molecule has 1 amide bonds. The molecule has 2 aliphatic rings. The summed E-state index contributed by atoms with van der Waals surface area (Å²) in [5.74, 6) is 0.0126. The lowest BCUT2D eigenvalue weighted by atomic mass is 9.77. The van der Waals surface area contributed by atoms with Crippen LogP contribution in [0, 0.1) is 5.82 Å². The van der Waals surface area contributed by atoms with Crippen molar-refractivity contribution in [2.75, 3.05) is 33.2 Å². The van der Waals surface area contributed by atoms with Gasteiger partial charge in [0.25, 0.3) is 0 Å². The number of amides is 1. The van der Waals surface area contributed by atoms with Crippen molar-refractivity contribution in [2.45, 2.75) is 31.1 Å². The van der Waals surface area contributed by atoms with Gasteiger partial charge < -0.3 is 9.80 Å². The Morgan fingerprint density at radius 1 is 1.05 bits per heavy atom. The first-order valence-electron chi connectivity index (χ1n) is 7.86. The highest BCUT2D eigenvalue weighted by Gasteiger charge is 2.45. The Bertz CT molecular complexity index is 500. The van der Waals surface area contributed by atoms with Crippen molar-refractivity contribution in [3.05, 3.63) is 35.6 Å². The van der Waals surface area contributed by atoms with E-state index in [0.29, 0.717) is 0 Å². The highest BCUT2D eigenvalue weighted by molar-refractivity contribution is 5.88. The Morgan fingerprint density at radius 3 is 2.19 bits per heavy atom. The highest BCUT2D eigenvalue weighted by Crippen LogP contribution is 2.42. The van der Waals surface area contributed by atoms with Crippen molar-refractivity contribution in [3.63, 3.8) is 0 Å². The zero-order valence-electron chi connectivity index (χ0n) is 12.6. The standard InChI is InChI=1S/C17H23FN2O/c1-19-10-12-20(13-11-19)16(21)17(8-2-3-9-17)14-4-6-15(18)7-5-14/h4-7H,2-3,8-13H2,1H3. The molecule has 1 saturated heterocycles. The fraction of sp³-hybridized carbons (Fsp3) is 0.588. The Morgan fingerprint density at radius 2 is 1.62 bits per heavy atom. The summed E-state index contributed by atoms with van der Waals surface area (Å²) < 4.78 is 13.2. The second-order valence-corrected chi connectivity index (χ2v) is 6.39. The smallest absolute Gasteiger partial charge is 0.233 e. The van der Waals surface area contributed by atoms with Crippen LogP contribution in [0.2, 0.25) is 0 Å². The van der Waals surface area contributed by atoms with Gasteiger partial charge >= 0.3 is 0 Å². The van der Waals surface area contributed by atoms with Crippen LogP contribution in [-0.2, 0) is 10.2 Å². The van der Waals surface area contributed by atoms with Crippen molar-refractivity contribution in [1.82, 2.24) is 9.80 Å². The number of carbonyl (C=O) groups excluding carboxylic acids is 1. The maximum absolute atomic E-state index is 13.2. The largest absolute Gasteiger partial charge is 0.339 e. The fourth-order valence-electron chi connectivity index (χ4n) is 3.69. The van der Waals surface area contributed by atoms with Gasteiger partial charge in [0.1, 0.15) is 5.82 Å². The monoisotopic (exact) mass is 290 g/mol. The molecule has 1 aliphatic carbocycles. The van der Waals surface area contributed by atoms with Gasteiger partial charge in [-0.3, -0.25) is 4.79 Å². The van der Waals surface area contributed by atoms with Gasteiger partial charge in [-0.05, 0) is 37.6 Å². The van der Waals surface area contributed by atoms with Gasteiger partial charge in [-0.25, -0.2) is 4.39 Å². The van der Waals surface area contributed by atoms with E-state index < -0.39 is 5.41 Å². The maximum Gasteiger partial charge on any atom is 0.233 e. The van der Waals surface area contributed by atoms with Gasteiger partial charge in [0.05, 0.1) is 5.41 Å². The molecule has 0 N–H and O–H groups in total. The summed E-state index contributed by atoms with van der Waals surface area (Å²) in [4.78, 5) is 17.4. The molecule has 0 aromatic heterocycles. The van der Waals surface area contributed by atoms with E-state index in [0.717, 1.165) is 57.4 Å². The zero-order valence-corrected chi connectivity index (χ0v) is 12.6. The normalized spacial score (nSPS) is 22.5. The van der Waals surface area contributed by atoms with E-state index >= 15 is 0 Å². The van der Waals surface area contributed by atoms with Crippen molar-refractivity contribution in [2.24, 2.45) is 0 Å². The first kappa shape index (κ1) is 14.5. The summed E-state index contributed by atoms with van der Waals surface area (Å²) in [7, 11) is 2.09. The molecule has 0 spiro atoms. The number of likely N-dealkylation sites (N-methyl/N-ethyl adjacent to an activating group) is 1. The number of piperazine rings is 1. The molecule has 0 radical (unpaired) electrons. The Kier molecular flexibility index (Phi) is 3.98. The quantitative estimate of drug-likeness (QED) is 0.835. The van der Waals surface area contributed by atoms with E-state index in [1.54, 1.807) is 12.1 Å². The number of hydrogen-bond acceptors (Lipinski definition) is 2. The SMILES string of the molecule is CN1CCN(C(=O)C2(c3ccc(F)cc3)CCCC2)CC1. The zero-order chi connectivity index (χ0) is 14.9. The van der Waals surface area contributed by atoms with E-state index in [1.165, 1.54) is 12.1 Å². The van der Waals surface area contributed by atoms with Crippen molar-refractivity contribution in [3.8, 4) is 0 Å². The van der Waals surface area contributed by atoms with Crippen LogP contribution >= 0.6 is 0 Å². The number of nitrogens with zero attached hydrogens (tertiary/aromatic N) is 2. The van der Waals surface area contributed by atoms with E-state index in [-0.39, 0.29) is 11.7 Å². The third-order valence-corrected chi connectivity index (χ3v) is 5.05. The second kappa shape index (κ2) is 5.76. The number of rotatable bonds is 2. The molecule has 1 heterocycles. The molecule has 1 aliphatic heterocycles. The highest BCUT2D eigenvalue weighted by atomic mass is 19.1. The van der Waals surface area contributed by atoms with Gasteiger partial charge in [-0.15, -0.1) is 0 Å². The van der Waals surface area contributed by atoms with Crippen LogP contribution < -0.4 is 0 Å². The first-order valence-corrected chi connectivity index (χ1v) is 7.86. The Balaban J connectivity index is 1.86. The van der Waals surface area contributed by atoms with Gasteiger partial charge in [-0.1, -0.05) is 25.0 Å². The van der Waals surface area contributed by atoms with E-state index in [4.69, 9.17) is 0 Å². The molecule has 3 rings (SSSR count). The van der Waals surface area contributed by atoms with Crippen molar-refractivity contribution < 1.29 is 9.18 Å². The average Bonchev–Trinajstić information content (AvgIpc) is 2.99. The van der Waals surface area contributed by atoms with E-state index in [2.05, 4.69) is 11.9 Å². The van der Waals surface area contributed by atoms with Crippen molar-refractivity contribution in [1.29, 1.82) is 0 Å². The molecule has 3 nitrogen and oxygen atoms in total. The molecule has 0 unspecified atom stereocenters. The third kappa shape index (κ3) is 2.69. The summed E-state index contributed by atoms with van der Waals surface area (Å²) in [6.45, 7) is 3.48. The first-order chi connectivity index (χ1) is 10.1. The lowest BCUT2D eigenvalue weighted by Gasteiger charge is -2.39. The summed E-state index contributed by atoms with van der Waals surface area (Å²) in [5.41, 5.74) is 0.578. The average molecular weight is 290 g/mol. The van der Waals surface area contributed by atoms with E-state index in [1.807, 2.05) is 4.90 Å². The van der Waals surface area contributed by atoms with Crippen LogP contribution in [0.15, 0.2) is 24.3 Å². The lowest BCUT2D eigenvalue weighted by molar-refractivity contribution is -0.139. The van der Waals surface area contributed by atoms with Gasteiger partial charge in [0, 0.05) is 26.2 Å². The number of carbonyl (C=O) groups is 1. The fourth-order valence-corrected chi connectivity index (χ4v) is 3.69. The van der Waals surface area contributed by atoms with Crippen LogP contribution in [0.1, 0.15) is 31.2 Å². The maximum atomic E-state index is 13.2. The van der Waals surface area contributed by atoms with Gasteiger partial charge in [0.2, 0.25) is 5.91 Å². The molecule has 1 aromatic carbocycles. The van der Waals surface area contributed by atoms with Gasteiger partial charge in [-0.2, -0.15) is 0 Å². The Hall–Kier alpha value is -1.42. The van der Waals surface area contributed by atoms with Crippen LogP contribution in [-0.4, -0.2) is 48.9 Å². The summed E-state index contributed by atoms with van der Waals surface area (Å²) in [6, 6.07) is 6.56. The van der Waals surface area contributed by atoms with Crippen LogP contribution in [0.3, 0.4) is 0 Å². The predicted octanol–water partition coefficient (Wildman–Crippen LogP) is 2.41. The number of benzene rings is 1. The molecule has 0 atom stereocenters. The van der Waals surface area contributed by atoms with Crippen LogP contribution in [0.25, 0.3) is 0 Å². The molecular formula is C17H23FN2O. The molecule has 1 aromatic rings. The summed E-state index contributed by atoms with van der Waals surface area (Å²) in [5, 5.41) is 0. The molecule has 1 saturated carbocycles. The minimum atomic E-state index is -0.413. The second-order valence-electron chi connectivity index (χ2n) is 6.39.